The fourth-order valence-electron chi connectivity index (χ4n) is 3.78. The highest BCUT2D eigenvalue weighted by Gasteiger charge is 2.38. The number of halogens is 6. The van der Waals surface area contributed by atoms with E-state index >= 15 is 0 Å². The first-order valence-electron chi connectivity index (χ1n) is 11.5. The lowest BCUT2D eigenvalue weighted by Gasteiger charge is -2.30. The third-order valence-corrected chi connectivity index (χ3v) is 6.79. The van der Waals surface area contributed by atoms with Crippen molar-refractivity contribution in [2.24, 2.45) is 0 Å². The van der Waals surface area contributed by atoms with Gasteiger partial charge in [-0.2, -0.15) is 36.0 Å². The number of hydrogen-bond donors (Lipinski definition) is 3. The van der Waals surface area contributed by atoms with Gasteiger partial charge in [-0.25, -0.2) is 4.98 Å². The van der Waals surface area contributed by atoms with Crippen molar-refractivity contribution in [3.05, 3.63) is 51.8 Å². The number of rotatable bonds is 7. The number of aliphatic hydroxyl groups is 1. The minimum absolute atomic E-state index is 0.0542. The van der Waals surface area contributed by atoms with Gasteiger partial charge in [-0.1, -0.05) is 11.3 Å². The summed E-state index contributed by atoms with van der Waals surface area (Å²) in [5, 5.41) is 20.3. The lowest BCUT2D eigenvalue weighted by atomic mass is 10.0. The summed E-state index contributed by atoms with van der Waals surface area (Å²) in [6, 6.07) is -0.378. The van der Waals surface area contributed by atoms with Gasteiger partial charge in [-0.15, -0.1) is 5.10 Å². The van der Waals surface area contributed by atoms with E-state index in [2.05, 4.69) is 25.7 Å². The molecule has 1 aliphatic heterocycles. The van der Waals surface area contributed by atoms with Crippen molar-refractivity contribution in [1.29, 1.82) is 0 Å². The third-order valence-electron chi connectivity index (χ3n) is 5.78. The number of morpholine rings is 1. The molecule has 3 N–H and O–H groups in total. The topological polar surface area (TPSA) is 117 Å². The molecule has 0 saturated carbocycles. The van der Waals surface area contributed by atoms with Crippen LogP contribution in [-0.4, -0.2) is 69.0 Å². The van der Waals surface area contributed by atoms with E-state index in [0.717, 1.165) is 11.3 Å². The van der Waals surface area contributed by atoms with E-state index in [4.69, 9.17) is 4.74 Å². The first-order valence-corrected chi connectivity index (χ1v) is 12.3. The Balaban J connectivity index is 1.60. The average Bonchev–Trinajstić information content (AvgIpc) is 3.55. The summed E-state index contributed by atoms with van der Waals surface area (Å²) in [4.78, 5) is 23.6. The second kappa shape index (κ2) is 11.1. The fraction of sp³-hybridized carbons (Fsp3) is 0.455. The maximum absolute atomic E-state index is 13.2. The van der Waals surface area contributed by atoms with Crippen molar-refractivity contribution in [3.63, 3.8) is 0 Å². The second-order valence-corrected chi connectivity index (χ2v) is 9.55. The van der Waals surface area contributed by atoms with Crippen LogP contribution in [0.4, 0.5) is 32.3 Å². The molecule has 1 amide bonds. The Morgan fingerprint density at radius 2 is 1.72 bits per heavy atom. The lowest BCUT2D eigenvalue weighted by molar-refractivity contribution is -0.143. The van der Waals surface area contributed by atoms with E-state index in [1.807, 2.05) is 0 Å². The molecule has 1 saturated heterocycles. The highest BCUT2D eigenvalue weighted by atomic mass is 32.1. The number of anilines is 1. The molecule has 1 unspecified atom stereocenters. The molecule has 2 aromatic heterocycles. The summed E-state index contributed by atoms with van der Waals surface area (Å²) in [5.41, 5.74) is -4.04. The van der Waals surface area contributed by atoms with Gasteiger partial charge in [0.25, 0.3) is 5.91 Å². The molecule has 1 fully saturated rings. The number of nitrogens with zero attached hydrogens (tertiary/aromatic N) is 5. The number of carbonyl (C=O) groups is 1. The summed E-state index contributed by atoms with van der Waals surface area (Å²) in [7, 11) is 1.53. The van der Waals surface area contributed by atoms with Crippen molar-refractivity contribution in [2.75, 3.05) is 38.7 Å². The number of aromatic nitrogens is 4. The normalized spacial score (nSPS) is 16.6. The predicted octanol–water partition coefficient (Wildman–Crippen LogP) is 3.62. The maximum atomic E-state index is 13.2. The Morgan fingerprint density at radius 1 is 1.10 bits per heavy atom. The summed E-state index contributed by atoms with van der Waals surface area (Å²) in [5.74, 6) is -0.963. The zero-order valence-corrected chi connectivity index (χ0v) is 21.3. The summed E-state index contributed by atoms with van der Waals surface area (Å²) < 4.78 is 85.9. The molecule has 3 heterocycles. The van der Waals surface area contributed by atoms with E-state index in [1.165, 1.54) is 24.9 Å². The van der Waals surface area contributed by atoms with Gasteiger partial charge in [0.15, 0.2) is 5.82 Å². The Kier molecular flexibility index (Phi) is 8.15. The van der Waals surface area contributed by atoms with Crippen LogP contribution >= 0.6 is 11.3 Å². The molecule has 4 rings (SSSR count). The number of benzene rings is 1. The maximum Gasteiger partial charge on any atom is 0.416 e. The van der Waals surface area contributed by atoms with Crippen molar-refractivity contribution in [1.82, 2.24) is 30.0 Å². The van der Waals surface area contributed by atoms with Gasteiger partial charge in [0.1, 0.15) is 6.23 Å². The summed E-state index contributed by atoms with van der Waals surface area (Å²) in [6.07, 6.45) is -9.69. The number of aliphatic hydroxyl groups excluding tert-OH is 1. The molecule has 0 radical (unpaired) electrons. The minimum Gasteiger partial charge on any atom is -0.379 e. The summed E-state index contributed by atoms with van der Waals surface area (Å²) >= 11 is 1.09. The van der Waals surface area contributed by atoms with E-state index in [-0.39, 0.29) is 23.0 Å². The molecule has 0 bridgehead atoms. The summed E-state index contributed by atoms with van der Waals surface area (Å²) in [6.45, 7) is 3.40. The van der Waals surface area contributed by atoms with Crippen LogP contribution in [0.25, 0.3) is 5.13 Å². The minimum atomic E-state index is -5.10. The molecule has 1 aromatic carbocycles. The standard InChI is InChI=1S/C22H23F6N7O3S/c1-11(31-17(36)12-7-13(21(23,24)25)9-14(8-12)22(26,27)28)16-32-19(29-2)33-35(16)20-30-10-15(39-20)18(37)34-3-5-38-6-4-34/h7-11,18,37H,3-6H2,1-2H3,(H,29,33)(H,31,36)/t11-,18?/m0/s1. The van der Waals surface area contributed by atoms with Crippen molar-refractivity contribution in [3.8, 4) is 5.13 Å². The zero-order valence-electron chi connectivity index (χ0n) is 20.5. The quantitative estimate of drug-likeness (QED) is 0.364. The van der Waals surface area contributed by atoms with Crippen LogP contribution in [0.2, 0.25) is 0 Å². The largest absolute Gasteiger partial charge is 0.416 e. The van der Waals surface area contributed by atoms with Gasteiger partial charge in [0.2, 0.25) is 11.1 Å². The smallest absolute Gasteiger partial charge is 0.379 e. The van der Waals surface area contributed by atoms with Gasteiger partial charge >= 0.3 is 12.4 Å². The van der Waals surface area contributed by atoms with E-state index < -0.39 is 47.2 Å². The second-order valence-electron chi connectivity index (χ2n) is 8.51. The monoisotopic (exact) mass is 579 g/mol. The Hall–Kier alpha value is -3.28. The molecule has 2 atom stereocenters. The third kappa shape index (κ3) is 6.48. The van der Waals surface area contributed by atoms with Crippen LogP contribution in [0, 0.1) is 0 Å². The van der Waals surface area contributed by atoms with Crippen LogP contribution in [-0.2, 0) is 17.1 Å². The lowest BCUT2D eigenvalue weighted by Crippen LogP contribution is -2.38. The Morgan fingerprint density at radius 3 is 2.28 bits per heavy atom. The highest BCUT2D eigenvalue weighted by molar-refractivity contribution is 7.14. The van der Waals surface area contributed by atoms with Crippen LogP contribution < -0.4 is 10.6 Å². The highest BCUT2D eigenvalue weighted by Crippen LogP contribution is 2.36. The van der Waals surface area contributed by atoms with Crippen molar-refractivity contribution < 1.29 is 41.0 Å². The number of ether oxygens (including phenoxy) is 1. The number of thiazole rings is 1. The zero-order chi connectivity index (χ0) is 28.5. The van der Waals surface area contributed by atoms with E-state index in [9.17, 15) is 36.2 Å². The van der Waals surface area contributed by atoms with E-state index in [0.29, 0.717) is 43.3 Å². The number of carbonyl (C=O) groups excluding carboxylic acids is 1. The molecule has 3 aromatic rings. The molecular formula is C22H23F6N7O3S. The number of amides is 1. The Bertz CT molecular complexity index is 1290. The van der Waals surface area contributed by atoms with Crippen LogP contribution in [0.1, 0.15) is 51.4 Å². The van der Waals surface area contributed by atoms with Gasteiger partial charge in [0.05, 0.1) is 35.3 Å². The van der Waals surface area contributed by atoms with Gasteiger partial charge in [-0.05, 0) is 25.1 Å². The van der Waals surface area contributed by atoms with Gasteiger partial charge in [0, 0.05) is 31.9 Å². The molecule has 10 nitrogen and oxygen atoms in total. The SMILES string of the molecule is CNc1nc([C@H](C)NC(=O)c2cc(C(F)(F)F)cc(C(F)(F)F)c2)n(-c2ncc(C(O)N3CCOCC3)s2)n1. The molecule has 212 valence electrons. The van der Waals surface area contributed by atoms with Crippen LogP contribution in [0.3, 0.4) is 0 Å². The van der Waals surface area contributed by atoms with Crippen molar-refractivity contribution >= 4 is 23.2 Å². The van der Waals surface area contributed by atoms with E-state index in [1.54, 1.807) is 4.90 Å². The molecule has 1 aliphatic rings. The van der Waals surface area contributed by atoms with Gasteiger partial charge < -0.3 is 20.5 Å². The average molecular weight is 580 g/mol. The molecular weight excluding hydrogens is 556 g/mol. The first-order chi connectivity index (χ1) is 18.3. The molecule has 17 heteroatoms. The number of hydrogen-bond acceptors (Lipinski definition) is 9. The fourth-order valence-corrected chi connectivity index (χ4v) is 4.67. The predicted molar refractivity (Wildman–Crippen MR) is 126 cm³/mol. The van der Waals surface area contributed by atoms with Crippen LogP contribution in [0.15, 0.2) is 24.4 Å². The Labute approximate surface area is 221 Å². The first kappa shape index (κ1) is 28.7. The number of nitrogens with one attached hydrogen (secondary N) is 2. The van der Waals surface area contributed by atoms with Gasteiger partial charge in [-0.3, -0.25) is 9.69 Å². The molecule has 0 aliphatic carbocycles. The van der Waals surface area contributed by atoms with Crippen molar-refractivity contribution in [2.45, 2.75) is 31.5 Å². The number of alkyl halides is 6. The molecule has 0 spiro atoms. The van der Waals surface area contributed by atoms with Crippen LogP contribution in [0.5, 0.6) is 0 Å². The molecule has 39 heavy (non-hydrogen) atoms.